The smallest absolute Gasteiger partial charge is 0.00464 e. The Hall–Kier alpha value is 0.310. The largest absolute Gasteiger partial charge is 0.315 e. The van der Waals surface area contributed by atoms with E-state index in [-0.39, 0.29) is 0 Å². The molecule has 0 saturated heterocycles. The molecule has 0 aromatic heterocycles. The molecule has 1 atom stereocenters. The standard InChI is InChI=1S/C10H23NS/c1-4-6-8-12-9-7-10(3)11-5-2/h10-11H,4-9H2,1-3H3. The summed E-state index contributed by atoms with van der Waals surface area (Å²) in [5, 5.41) is 3.42. The third-order valence-electron chi connectivity index (χ3n) is 1.89. The average Bonchev–Trinajstić information content (AvgIpc) is 2.05. The molecule has 0 fully saturated rings. The van der Waals surface area contributed by atoms with Gasteiger partial charge < -0.3 is 5.32 Å². The molecule has 12 heavy (non-hydrogen) atoms. The van der Waals surface area contributed by atoms with Crippen molar-refractivity contribution in [3.8, 4) is 0 Å². The van der Waals surface area contributed by atoms with E-state index in [1.165, 1.54) is 30.8 Å². The Morgan fingerprint density at radius 2 is 2.00 bits per heavy atom. The van der Waals surface area contributed by atoms with Gasteiger partial charge in [0.1, 0.15) is 0 Å². The van der Waals surface area contributed by atoms with Crippen molar-refractivity contribution in [3.05, 3.63) is 0 Å². The van der Waals surface area contributed by atoms with Crippen LogP contribution in [-0.4, -0.2) is 24.1 Å². The molecule has 2 heteroatoms. The van der Waals surface area contributed by atoms with Crippen LogP contribution < -0.4 is 5.32 Å². The highest BCUT2D eigenvalue weighted by atomic mass is 32.2. The Morgan fingerprint density at radius 1 is 1.25 bits per heavy atom. The Labute approximate surface area is 81.7 Å². The van der Waals surface area contributed by atoms with E-state index < -0.39 is 0 Å². The van der Waals surface area contributed by atoms with Crippen molar-refractivity contribution in [2.45, 2.75) is 46.1 Å². The van der Waals surface area contributed by atoms with Crippen molar-refractivity contribution in [2.24, 2.45) is 0 Å². The maximum Gasteiger partial charge on any atom is 0.00464 e. The maximum absolute atomic E-state index is 3.42. The molecule has 1 unspecified atom stereocenters. The highest BCUT2D eigenvalue weighted by Gasteiger charge is 1.98. The summed E-state index contributed by atoms with van der Waals surface area (Å²) in [7, 11) is 0. The van der Waals surface area contributed by atoms with Crippen LogP contribution in [0, 0.1) is 0 Å². The summed E-state index contributed by atoms with van der Waals surface area (Å²) in [6, 6.07) is 0.698. The van der Waals surface area contributed by atoms with Crippen molar-refractivity contribution in [1.29, 1.82) is 0 Å². The first kappa shape index (κ1) is 12.3. The number of nitrogens with one attached hydrogen (secondary N) is 1. The van der Waals surface area contributed by atoms with Gasteiger partial charge in [-0.3, -0.25) is 0 Å². The van der Waals surface area contributed by atoms with Gasteiger partial charge in [0.2, 0.25) is 0 Å². The molecule has 0 amide bonds. The van der Waals surface area contributed by atoms with E-state index in [2.05, 4.69) is 37.8 Å². The van der Waals surface area contributed by atoms with E-state index in [0.717, 1.165) is 6.54 Å². The molecule has 0 aliphatic heterocycles. The second kappa shape index (κ2) is 9.40. The topological polar surface area (TPSA) is 12.0 Å². The third-order valence-corrected chi connectivity index (χ3v) is 2.99. The number of thioether (sulfide) groups is 1. The molecule has 0 aliphatic rings. The quantitative estimate of drug-likeness (QED) is 0.589. The van der Waals surface area contributed by atoms with Crippen molar-refractivity contribution in [3.63, 3.8) is 0 Å². The predicted molar refractivity (Wildman–Crippen MR) is 60.0 cm³/mol. The van der Waals surface area contributed by atoms with Crippen LogP contribution in [0.4, 0.5) is 0 Å². The minimum absolute atomic E-state index is 0.698. The second-order valence-corrected chi connectivity index (χ2v) is 4.44. The van der Waals surface area contributed by atoms with Crippen LogP contribution >= 0.6 is 11.8 Å². The lowest BCUT2D eigenvalue weighted by Gasteiger charge is -2.10. The fourth-order valence-electron chi connectivity index (χ4n) is 1.06. The molecular formula is C10H23NS. The lowest BCUT2D eigenvalue weighted by molar-refractivity contribution is 0.556. The highest BCUT2D eigenvalue weighted by Crippen LogP contribution is 2.07. The zero-order valence-corrected chi connectivity index (χ0v) is 9.54. The van der Waals surface area contributed by atoms with E-state index in [1.807, 2.05) is 0 Å². The summed E-state index contributed by atoms with van der Waals surface area (Å²) in [5.74, 6) is 2.66. The highest BCUT2D eigenvalue weighted by molar-refractivity contribution is 7.99. The van der Waals surface area contributed by atoms with Gasteiger partial charge in [-0.15, -0.1) is 0 Å². The van der Waals surface area contributed by atoms with Crippen LogP contribution in [0.5, 0.6) is 0 Å². The molecule has 1 N–H and O–H groups in total. The van der Waals surface area contributed by atoms with Gasteiger partial charge >= 0.3 is 0 Å². The zero-order valence-electron chi connectivity index (χ0n) is 8.73. The third kappa shape index (κ3) is 8.41. The second-order valence-electron chi connectivity index (χ2n) is 3.21. The fraction of sp³-hybridized carbons (Fsp3) is 1.00. The monoisotopic (exact) mass is 189 g/mol. The fourth-order valence-corrected chi connectivity index (χ4v) is 2.28. The minimum atomic E-state index is 0.698. The molecule has 0 saturated carbocycles. The van der Waals surface area contributed by atoms with Crippen LogP contribution in [0.25, 0.3) is 0 Å². The summed E-state index contributed by atoms with van der Waals surface area (Å²) in [5.41, 5.74) is 0. The Balaban J connectivity index is 2.97. The van der Waals surface area contributed by atoms with Crippen molar-refractivity contribution >= 4 is 11.8 Å². The lowest BCUT2D eigenvalue weighted by Crippen LogP contribution is -2.25. The molecule has 0 aromatic rings. The molecule has 0 bridgehead atoms. The molecule has 0 heterocycles. The van der Waals surface area contributed by atoms with Crippen molar-refractivity contribution in [1.82, 2.24) is 5.32 Å². The van der Waals surface area contributed by atoms with Gasteiger partial charge in [0.05, 0.1) is 0 Å². The van der Waals surface area contributed by atoms with E-state index in [1.54, 1.807) is 0 Å². The minimum Gasteiger partial charge on any atom is -0.315 e. The first-order chi connectivity index (χ1) is 5.81. The first-order valence-electron chi connectivity index (χ1n) is 5.12. The lowest BCUT2D eigenvalue weighted by atomic mass is 10.3. The van der Waals surface area contributed by atoms with Gasteiger partial charge in [-0.25, -0.2) is 0 Å². The van der Waals surface area contributed by atoms with Crippen molar-refractivity contribution in [2.75, 3.05) is 18.1 Å². The van der Waals surface area contributed by atoms with Gasteiger partial charge in [0.25, 0.3) is 0 Å². The van der Waals surface area contributed by atoms with Crippen LogP contribution in [0.1, 0.15) is 40.0 Å². The van der Waals surface area contributed by atoms with Crippen LogP contribution in [0.2, 0.25) is 0 Å². The SMILES string of the molecule is CCCCSCCC(C)NCC. The molecule has 0 rings (SSSR count). The molecule has 0 radical (unpaired) electrons. The van der Waals surface area contributed by atoms with Gasteiger partial charge in [-0.2, -0.15) is 11.8 Å². The average molecular weight is 189 g/mol. The predicted octanol–water partition coefficient (Wildman–Crippen LogP) is 2.91. The van der Waals surface area contributed by atoms with Gasteiger partial charge in [-0.05, 0) is 37.8 Å². The van der Waals surface area contributed by atoms with Crippen molar-refractivity contribution < 1.29 is 0 Å². The normalized spacial score (nSPS) is 13.2. The van der Waals surface area contributed by atoms with Crippen LogP contribution in [-0.2, 0) is 0 Å². The molecular weight excluding hydrogens is 166 g/mol. The Bertz CT molecular complexity index is 85.9. The zero-order chi connectivity index (χ0) is 9.23. The van der Waals surface area contributed by atoms with Gasteiger partial charge in [0, 0.05) is 6.04 Å². The van der Waals surface area contributed by atoms with Crippen LogP contribution in [0.3, 0.4) is 0 Å². The molecule has 74 valence electrons. The summed E-state index contributed by atoms with van der Waals surface area (Å²) in [6.45, 7) is 7.78. The van der Waals surface area contributed by atoms with E-state index >= 15 is 0 Å². The number of rotatable bonds is 8. The summed E-state index contributed by atoms with van der Waals surface area (Å²) >= 11 is 2.09. The summed E-state index contributed by atoms with van der Waals surface area (Å²) < 4.78 is 0. The molecule has 1 nitrogen and oxygen atoms in total. The number of hydrogen-bond acceptors (Lipinski definition) is 2. The first-order valence-corrected chi connectivity index (χ1v) is 6.27. The Kier molecular flexibility index (Phi) is 9.64. The van der Waals surface area contributed by atoms with E-state index in [0.29, 0.717) is 6.04 Å². The van der Waals surface area contributed by atoms with Gasteiger partial charge in [-0.1, -0.05) is 20.3 Å². The maximum atomic E-state index is 3.42. The molecule has 0 aromatic carbocycles. The van der Waals surface area contributed by atoms with Crippen LogP contribution in [0.15, 0.2) is 0 Å². The molecule has 0 aliphatic carbocycles. The van der Waals surface area contributed by atoms with E-state index in [4.69, 9.17) is 0 Å². The molecule has 0 spiro atoms. The van der Waals surface area contributed by atoms with Gasteiger partial charge in [0.15, 0.2) is 0 Å². The van der Waals surface area contributed by atoms with E-state index in [9.17, 15) is 0 Å². The number of hydrogen-bond donors (Lipinski definition) is 1. The Morgan fingerprint density at radius 3 is 2.58 bits per heavy atom. The number of unbranched alkanes of at least 4 members (excludes halogenated alkanes) is 1. The summed E-state index contributed by atoms with van der Waals surface area (Å²) in [4.78, 5) is 0. The summed E-state index contributed by atoms with van der Waals surface area (Å²) in [6.07, 6.45) is 4.01.